The number of para-hydroxylation sites is 1. The number of nitrogens with one attached hydrogen (secondary N) is 1. The molecule has 3 aromatic carbocycles. The second-order valence-corrected chi connectivity index (χ2v) is 8.09. The highest BCUT2D eigenvalue weighted by molar-refractivity contribution is 6.30. The molecule has 0 fully saturated rings. The molecule has 0 unspecified atom stereocenters. The molecule has 2 N–H and O–H groups in total. The number of carboxylic acids is 1. The minimum absolute atomic E-state index is 0.237. The standard InChI is InChI=1S/C25H21ClN2O4/c26-18-8-5-16(6-9-18)14-28-21-4-2-1-3-19(21)20(24(28)25(29)30)13-27-12-17-7-10-22-23(11-17)32-15-31-22/h1-11,27H,12-15H2,(H,29,30). The number of carboxylic acid groups (broad SMARTS) is 1. The number of hydrogen-bond acceptors (Lipinski definition) is 4. The van der Waals surface area contributed by atoms with Gasteiger partial charge in [0.25, 0.3) is 0 Å². The van der Waals surface area contributed by atoms with Crippen LogP contribution >= 0.6 is 11.6 Å². The molecule has 0 atom stereocenters. The van der Waals surface area contributed by atoms with Crippen molar-refractivity contribution < 1.29 is 19.4 Å². The van der Waals surface area contributed by atoms with Crippen LogP contribution in [-0.2, 0) is 19.6 Å². The van der Waals surface area contributed by atoms with Gasteiger partial charge < -0.3 is 24.5 Å². The van der Waals surface area contributed by atoms with Gasteiger partial charge in [0.15, 0.2) is 11.5 Å². The zero-order chi connectivity index (χ0) is 22.1. The number of ether oxygens (including phenoxy) is 2. The maximum atomic E-state index is 12.3. The predicted molar refractivity (Wildman–Crippen MR) is 123 cm³/mol. The zero-order valence-electron chi connectivity index (χ0n) is 17.2. The number of hydrogen-bond donors (Lipinski definition) is 2. The van der Waals surface area contributed by atoms with Crippen LogP contribution < -0.4 is 14.8 Å². The van der Waals surface area contributed by atoms with Crippen molar-refractivity contribution in [2.24, 2.45) is 0 Å². The third-order valence-corrected chi connectivity index (χ3v) is 5.85. The van der Waals surface area contributed by atoms with Gasteiger partial charge in [-0.1, -0.05) is 48.0 Å². The van der Waals surface area contributed by atoms with Crippen molar-refractivity contribution in [1.82, 2.24) is 9.88 Å². The lowest BCUT2D eigenvalue weighted by Crippen LogP contribution is -2.17. The summed E-state index contributed by atoms with van der Waals surface area (Å²) in [6, 6.07) is 21.1. The van der Waals surface area contributed by atoms with E-state index in [1.165, 1.54) is 0 Å². The Hall–Kier alpha value is -3.48. The van der Waals surface area contributed by atoms with Crippen LogP contribution in [0.3, 0.4) is 0 Å². The Morgan fingerprint density at radius 1 is 0.969 bits per heavy atom. The molecule has 1 aromatic heterocycles. The first kappa shape index (κ1) is 20.4. The second-order valence-electron chi connectivity index (χ2n) is 7.65. The van der Waals surface area contributed by atoms with Gasteiger partial charge in [-0.05, 0) is 41.5 Å². The van der Waals surface area contributed by atoms with E-state index in [0.29, 0.717) is 30.4 Å². The Morgan fingerprint density at radius 3 is 2.53 bits per heavy atom. The lowest BCUT2D eigenvalue weighted by molar-refractivity contribution is 0.0684. The van der Waals surface area contributed by atoms with Crippen LogP contribution in [0.2, 0.25) is 5.02 Å². The molecular formula is C25H21ClN2O4. The Balaban J connectivity index is 1.44. The Morgan fingerprint density at radius 2 is 1.72 bits per heavy atom. The molecule has 0 saturated carbocycles. The van der Waals surface area contributed by atoms with Gasteiger partial charge in [-0.2, -0.15) is 0 Å². The number of fused-ring (bicyclic) bond motifs is 2. The fraction of sp³-hybridized carbons (Fsp3) is 0.160. The van der Waals surface area contributed by atoms with Crippen molar-refractivity contribution in [3.8, 4) is 11.5 Å². The van der Waals surface area contributed by atoms with Crippen molar-refractivity contribution in [2.75, 3.05) is 6.79 Å². The predicted octanol–water partition coefficient (Wildman–Crippen LogP) is 5.06. The number of aromatic nitrogens is 1. The van der Waals surface area contributed by atoms with Crippen LogP contribution in [0.5, 0.6) is 11.5 Å². The summed E-state index contributed by atoms with van der Waals surface area (Å²) in [7, 11) is 0. The minimum Gasteiger partial charge on any atom is -0.477 e. The van der Waals surface area contributed by atoms with Crippen LogP contribution in [0, 0.1) is 0 Å². The molecule has 7 heteroatoms. The molecule has 1 aliphatic heterocycles. The normalized spacial score (nSPS) is 12.4. The number of halogens is 1. The lowest BCUT2D eigenvalue weighted by atomic mass is 10.1. The smallest absolute Gasteiger partial charge is 0.352 e. The summed E-state index contributed by atoms with van der Waals surface area (Å²) in [5.41, 5.74) is 3.97. The first-order valence-electron chi connectivity index (χ1n) is 10.3. The van der Waals surface area contributed by atoms with E-state index in [-0.39, 0.29) is 6.79 Å². The number of aromatic carboxylic acids is 1. The highest BCUT2D eigenvalue weighted by atomic mass is 35.5. The van der Waals surface area contributed by atoms with E-state index in [9.17, 15) is 9.90 Å². The third kappa shape index (κ3) is 3.90. The summed E-state index contributed by atoms with van der Waals surface area (Å²) in [6.45, 7) is 1.68. The molecule has 5 rings (SSSR count). The van der Waals surface area contributed by atoms with Gasteiger partial charge in [0, 0.05) is 41.1 Å². The zero-order valence-corrected chi connectivity index (χ0v) is 17.9. The molecule has 1 aliphatic rings. The maximum absolute atomic E-state index is 12.3. The SMILES string of the molecule is O=C(O)c1c(CNCc2ccc3c(c2)OCO3)c2ccccc2n1Cc1ccc(Cl)cc1. The van der Waals surface area contributed by atoms with Crippen molar-refractivity contribution in [1.29, 1.82) is 0 Å². The van der Waals surface area contributed by atoms with E-state index in [0.717, 1.165) is 39.1 Å². The molecule has 0 radical (unpaired) electrons. The highest BCUT2D eigenvalue weighted by Crippen LogP contribution is 2.32. The summed E-state index contributed by atoms with van der Waals surface area (Å²) in [5.74, 6) is 0.525. The van der Waals surface area contributed by atoms with Crippen LogP contribution in [0.25, 0.3) is 10.9 Å². The number of benzene rings is 3. The van der Waals surface area contributed by atoms with E-state index in [1.807, 2.05) is 71.3 Å². The Bertz CT molecular complexity index is 1300. The maximum Gasteiger partial charge on any atom is 0.352 e. The molecule has 0 spiro atoms. The summed E-state index contributed by atoms with van der Waals surface area (Å²) >= 11 is 6.01. The first-order valence-corrected chi connectivity index (χ1v) is 10.6. The van der Waals surface area contributed by atoms with E-state index in [4.69, 9.17) is 21.1 Å². The van der Waals surface area contributed by atoms with Crippen LogP contribution in [0.15, 0.2) is 66.7 Å². The minimum atomic E-state index is -0.949. The van der Waals surface area contributed by atoms with Crippen molar-refractivity contribution >= 4 is 28.5 Å². The van der Waals surface area contributed by atoms with Crippen molar-refractivity contribution in [2.45, 2.75) is 19.6 Å². The Labute approximate surface area is 190 Å². The van der Waals surface area contributed by atoms with Crippen LogP contribution in [-0.4, -0.2) is 22.4 Å². The molecule has 4 aromatic rings. The second kappa shape index (κ2) is 8.57. The molecule has 0 bridgehead atoms. The van der Waals surface area contributed by atoms with Crippen molar-refractivity contribution in [3.63, 3.8) is 0 Å². The molecule has 0 amide bonds. The largest absolute Gasteiger partial charge is 0.477 e. The van der Waals surface area contributed by atoms with Crippen LogP contribution in [0.1, 0.15) is 27.2 Å². The van der Waals surface area contributed by atoms with E-state index < -0.39 is 5.97 Å². The van der Waals surface area contributed by atoms with Crippen LogP contribution in [0.4, 0.5) is 0 Å². The molecule has 2 heterocycles. The molecule has 0 aliphatic carbocycles. The van der Waals surface area contributed by atoms with Gasteiger partial charge in [-0.15, -0.1) is 0 Å². The van der Waals surface area contributed by atoms with Gasteiger partial charge in [0.2, 0.25) is 6.79 Å². The first-order chi connectivity index (χ1) is 15.6. The highest BCUT2D eigenvalue weighted by Gasteiger charge is 2.22. The lowest BCUT2D eigenvalue weighted by Gasteiger charge is -2.10. The molecule has 6 nitrogen and oxygen atoms in total. The molecular weight excluding hydrogens is 428 g/mol. The van der Waals surface area contributed by atoms with Gasteiger partial charge >= 0.3 is 5.97 Å². The van der Waals surface area contributed by atoms with Gasteiger partial charge in [-0.3, -0.25) is 0 Å². The van der Waals surface area contributed by atoms with E-state index in [2.05, 4.69) is 5.32 Å². The monoisotopic (exact) mass is 448 g/mol. The number of carbonyl (C=O) groups is 1. The average molecular weight is 449 g/mol. The van der Waals surface area contributed by atoms with Gasteiger partial charge in [0.1, 0.15) is 5.69 Å². The average Bonchev–Trinajstić information content (AvgIpc) is 3.38. The van der Waals surface area contributed by atoms with Gasteiger partial charge in [0.05, 0.1) is 0 Å². The van der Waals surface area contributed by atoms with E-state index in [1.54, 1.807) is 0 Å². The summed E-state index contributed by atoms with van der Waals surface area (Å²) < 4.78 is 12.7. The summed E-state index contributed by atoms with van der Waals surface area (Å²) in [4.78, 5) is 12.3. The quantitative estimate of drug-likeness (QED) is 0.413. The van der Waals surface area contributed by atoms with E-state index >= 15 is 0 Å². The summed E-state index contributed by atoms with van der Waals surface area (Å²) in [5, 5.41) is 15.1. The number of rotatable bonds is 7. The fourth-order valence-electron chi connectivity index (χ4n) is 4.12. The topological polar surface area (TPSA) is 72.7 Å². The van der Waals surface area contributed by atoms with Crippen molar-refractivity contribution in [3.05, 3.63) is 94.1 Å². The third-order valence-electron chi connectivity index (χ3n) is 5.60. The molecule has 32 heavy (non-hydrogen) atoms. The molecule has 162 valence electrons. The molecule has 0 saturated heterocycles. The fourth-order valence-corrected chi connectivity index (χ4v) is 4.24. The summed E-state index contributed by atoms with van der Waals surface area (Å²) in [6.07, 6.45) is 0. The van der Waals surface area contributed by atoms with Gasteiger partial charge in [-0.25, -0.2) is 4.79 Å². The Kier molecular flexibility index (Phi) is 5.47. The number of nitrogens with zero attached hydrogens (tertiary/aromatic N) is 1.